The van der Waals surface area contributed by atoms with Crippen molar-refractivity contribution in [2.75, 3.05) is 24.5 Å². The summed E-state index contributed by atoms with van der Waals surface area (Å²) in [5.74, 6) is -5.55. The number of carbonyl (C=O) groups is 4. The number of hydrogen-bond acceptors (Lipinski definition) is 10. The number of phenols is 1. The normalized spacial score (nSPS) is 25.3. The molecule has 0 aromatic heterocycles. The average molecular weight is 810 g/mol. The van der Waals surface area contributed by atoms with Crippen molar-refractivity contribution >= 4 is 70.0 Å². The molecule has 3 fully saturated rings. The topological polar surface area (TPSA) is 169 Å². The summed E-state index contributed by atoms with van der Waals surface area (Å²) in [6.45, 7) is 0. The molecule has 4 aliphatic rings. The first-order chi connectivity index (χ1) is 27.4. The maximum Gasteiger partial charge on any atom is 0.269 e. The minimum absolute atomic E-state index is 0.0423. The quantitative estimate of drug-likeness (QED) is 0.0755. The van der Waals surface area contributed by atoms with E-state index in [0.717, 1.165) is 9.91 Å². The van der Waals surface area contributed by atoms with Crippen molar-refractivity contribution in [2.45, 2.75) is 18.3 Å². The number of amides is 4. The summed E-state index contributed by atoms with van der Waals surface area (Å²) in [6.07, 6.45) is 5.74. The maximum absolute atomic E-state index is 15.4. The second-order valence-electron chi connectivity index (χ2n) is 14.3. The summed E-state index contributed by atoms with van der Waals surface area (Å²) in [6, 6.07) is 21.6. The van der Waals surface area contributed by atoms with E-state index in [1.165, 1.54) is 50.6 Å². The first-order valence-electron chi connectivity index (χ1n) is 18.0. The molecule has 0 unspecified atom stereocenters. The van der Waals surface area contributed by atoms with Gasteiger partial charge in [-0.05, 0) is 84.5 Å². The minimum Gasteiger partial charge on any atom is -0.504 e. The maximum atomic E-state index is 15.4. The van der Waals surface area contributed by atoms with E-state index in [2.05, 4.69) is 5.43 Å². The van der Waals surface area contributed by atoms with Crippen LogP contribution < -0.4 is 19.8 Å². The van der Waals surface area contributed by atoms with Crippen molar-refractivity contribution in [1.29, 1.82) is 0 Å². The molecule has 6 atom stereocenters. The number of nitrogens with zero attached hydrogens (tertiary/aromatic N) is 3. The molecular formula is C42H34Cl2N4O9. The Morgan fingerprint density at radius 3 is 2.30 bits per heavy atom. The highest BCUT2D eigenvalue weighted by Crippen LogP contribution is 2.62. The van der Waals surface area contributed by atoms with Crippen LogP contribution in [0.15, 0.2) is 103 Å². The molecule has 2 aliphatic carbocycles. The number of nitro benzene ring substituents is 1. The number of ether oxygens (including phenoxy) is 2. The number of nitro groups is 1. The standard InChI is InChI=1S/C42H34Cl2N4O9/c1-56-27-12-5-23(6-13-27)42-31(16-3-22-4-18-35(49)36(19-22)57-2)28-14-15-29-37(40(52)46(38(29)50)25-8-10-26(11-9-25)48(54)55)30(28)21-32(42)39(51)47(41(42)53)45-34-17-7-24(43)20-33(34)44/h3-14,16-20,29-32,37,45,49H,15,21H2,1-2H3/t29-,30+,31-,32-,37-,42-/m0/s1. The highest BCUT2D eigenvalue weighted by molar-refractivity contribution is 6.36. The number of non-ortho nitro benzene ring substituents is 1. The van der Waals surface area contributed by atoms with Crippen LogP contribution in [0.1, 0.15) is 24.0 Å². The summed E-state index contributed by atoms with van der Waals surface area (Å²) in [7, 11) is 2.95. The van der Waals surface area contributed by atoms with Crippen molar-refractivity contribution in [2.24, 2.45) is 29.6 Å². The van der Waals surface area contributed by atoms with E-state index in [1.807, 2.05) is 12.2 Å². The Labute approximate surface area is 336 Å². The molecule has 0 spiro atoms. The number of carbonyl (C=O) groups excluding carboxylic acids is 4. The number of rotatable bonds is 9. The van der Waals surface area contributed by atoms with Crippen molar-refractivity contribution in [3.05, 3.63) is 134 Å². The molecule has 2 aliphatic heterocycles. The van der Waals surface area contributed by atoms with E-state index >= 15 is 4.79 Å². The minimum atomic E-state index is -1.56. The predicted molar refractivity (Wildman–Crippen MR) is 211 cm³/mol. The number of methoxy groups -OCH3 is 2. The summed E-state index contributed by atoms with van der Waals surface area (Å²) < 4.78 is 10.8. The third-order valence-electron chi connectivity index (χ3n) is 11.6. The fraction of sp³-hybridized carbons (Fsp3) is 0.238. The van der Waals surface area contributed by atoms with Crippen molar-refractivity contribution < 1.29 is 38.7 Å². The van der Waals surface area contributed by atoms with Gasteiger partial charge in [0.05, 0.1) is 58.7 Å². The Hall–Kier alpha value is -6.18. The fourth-order valence-electron chi connectivity index (χ4n) is 9.07. The van der Waals surface area contributed by atoms with Gasteiger partial charge in [-0.2, -0.15) is 5.01 Å². The van der Waals surface area contributed by atoms with Gasteiger partial charge in [0.25, 0.3) is 17.5 Å². The van der Waals surface area contributed by atoms with Gasteiger partial charge in [0.1, 0.15) is 5.75 Å². The number of hydrazine groups is 1. The zero-order chi connectivity index (χ0) is 40.3. The van der Waals surface area contributed by atoms with Crippen LogP contribution in [0.3, 0.4) is 0 Å². The molecule has 13 nitrogen and oxygen atoms in total. The van der Waals surface area contributed by atoms with Gasteiger partial charge >= 0.3 is 0 Å². The number of nitrogens with one attached hydrogen (secondary N) is 1. The Kier molecular flexibility index (Phi) is 9.53. The smallest absolute Gasteiger partial charge is 0.269 e. The zero-order valence-electron chi connectivity index (χ0n) is 30.4. The van der Waals surface area contributed by atoms with Gasteiger partial charge in [-0.15, -0.1) is 0 Å². The van der Waals surface area contributed by atoms with Crippen LogP contribution in [0.2, 0.25) is 10.0 Å². The molecule has 0 bridgehead atoms. The zero-order valence-corrected chi connectivity index (χ0v) is 31.9. The first kappa shape index (κ1) is 37.7. The number of aromatic hydroxyl groups is 1. The molecule has 4 amide bonds. The van der Waals surface area contributed by atoms with Crippen LogP contribution in [0, 0.1) is 39.7 Å². The molecule has 1 saturated carbocycles. The molecule has 2 N–H and O–H groups in total. The highest BCUT2D eigenvalue weighted by atomic mass is 35.5. The summed E-state index contributed by atoms with van der Waals surface area (Å²) in [5, 5.41) is 23.2. The van der Waals surface area contributed by atoms with Gasteiger partial charge in [-0.3, -0.25) is 39.6 Å². The number of hydrogen-bond donors (Lipinski definition) is 2. The number of halogens is 2. The third-order valence-corrected chi connectivity index (χ3v) is 12.2. The number of fused-ring (bicyclic) bond motifs is 4. The lowest BCUT2D eigenvalue weighted by atomic mass is 9.50. The van der Waals surface area contributed by atoms with Gasteiger partial charge in [-0.1, -0.05) is 65.2 Å². The van der Waals surface area contributed by atoms with Crippen LogP contribution in [-0.4, -0.2) is 52.9 Å². The van der Waals surface area contributed by atoms with Gasteiger partial charge < -0.3 is 14.6 Å². The van der Waals surface area contributed by atoms with E-state index in [9.17, 15) is 29.6 Å². The number of phenolic OH excluding ortho intramolecular Hbond substituents is 1. The van der Waals surface area contributed by atoms with E-state index in [1.54, 1.807) is 54.6 Å². The largest absolute Gasteiger partial charge is 0.504 e. The predicted octanol–water partition coefficient (Wildman–Crippen LogP) is 7.36. The highest BCUT2D eigenvalue weighted by Gasteiger charge is 2.69. The van der Waals surface area contributed by atoms with Gasteiger partial charge in [0.15, 0.2) is 11.5 Å². The van der Waals surface area contributed by atoms with Crippen LogP contribution in [0.4, 0.5) is 17.1 Å². The fourth-order valence-corrected chi connectivity index (χ4v) is 9.52. The van der Waals surface area contributed by atoms with Gasteiger partial charge in [0.2, 0.25) is 11.8 Å². The number of anilines is 2. The summed E-state index contributed by atoms with van der Waals surface area (Å²) in [4.78, 5) is 70.7. The number of allylic oxidation sites excluding steroid dienone is 3. The Balaban J connectivity index is 1.29. The second-order valence-corrected chi connectivity index (χ2v) is 15.2. The Bertz CT molecular complexity index is 2420. The van der Waals surface area contributed by atoms with Crippen LogP contribution >= 0.6 is 23.2 Å². The van der Waals surface area contributed by atoms with E-state index in [4.69, 9.17) is 32.7 Å². The second kappa shape index (κ2) is 14.4. The molecule has 2 heterocycles. The molecule has 0 radical (unpaired) electrons. The molecule has 4 aromatic rings. The molecule has 4 aromatic carbocycles. The van der Waals surface area contributed by atoms with Gasteiger partial charge in [0, 0.05) is 23.1 Å². The van der Waals surface area contributed by atoms with Crippen LogP contribution in [0.25, 0.3) is 6.08 Å². The van der Waals surface area contributed by atoms with Crippen molar-refractivity contribution in [3.8, 4) is 17.2 Å². The molecule has 8 rings (SSSR count). The molecule has 2 saturated heterocycles. The van der Waals surface area contributed by atoms with E-state index in [0.29, 0.717) is 27.5 Å². The van der Waals surface area contributed by atoms with Gasteiger partial charge in [-0.25, -0.2) is 0 Å². The SMILES string of the molecule is COc1ccc([C@@]23C(=O)N(Nc4ccc(Cl)cc4Cl)C(=O)[C@@H]2C[C@@H]2C(=CC[C@@H]4C(=O)N(c5ccc([N+](=O)[O-])cc5)C(=O)[C@@H]42)[C@@H]3C=Cc2ccc(O)c(OC)c2)cc1. The van der Waals surface area contributed by atoms with Crippen LogP contribution in [0.5, 0.6) is 17.2 Å². The molecule has 290 valence electrons. The Morgan fingerprint density at radius 2 is 1.63 bits per heavy atom. The molecular weight excluding hydrogens is 775 g/mol. The van der Waals surface area contributed by atoms with Crippen molar-refractivity contribution in [3.63, 3.8) is 0 Å². The number of imide groups is 2. The lowest BCUT2D eigenvalue weighted by molar-refractivity contribution is -0.384. The summed E-state index contributed by atoms with van der Waals surface area (Å²) >= 11 is 12.7. The molecule has 15 heteroatoms. The van der Waals surface area contributed by atoms with E-state index < -0.39 is 63.6 Å². The average Bonchev–Trinajstić information content (AvgIpc) is 3.59. The monoisotopic (exact) mass is 808 g/mol. The van der Waals surface area contributed by atoms with E-state index in [-0.39, 0.29) is 46.4 Å². The van der Waals surface area contributed by atoms with Crippen molar-refractivity contribution in [1.82, 2.24) is 5.01 Å². The first-order valence-corrected chi connectivity index (χ1v) is 18.8. The van der Waals surface area contributed by atoms with Crippen LogP contribution in [-0.2, 0) is 24.6 Å². The molecule has 57 heavy (non-hydrogen) atoms. The number of benzene rings is 4. The lowest BCUT2D eigenvalue weighted by Crippen LogP contribution is -2.54. The Morgan fingerprint density at radius 1 is 0.895 bits per heavy atom. The third kappa shape index (κ3) is 6.00. The summed E-state index contributed by atoms with van der Waals surface area (Å²) in [5.41, 5.74) is 3.54. The lowest BCUT2D eigenvalue weighted by Gasteiger charge is -2.49.